The van der Waals surface area contributed by atoms with E-state index in [9.17, 15) is 9.59 Å². The Kier molecular flexibility index (Phi) is 6.22. The first-order valence-corrected chi connectivity index (χ1v) is 4.63. The van der Waals surface area contributed by atoms with Gasteiger partial charge in [0, 0.05) is 23.9 Å². The van der Waals surface area contributed by atoms with Gasteiger partial charge in [0.2, 0.25) is 5.91 Å². The fourth-order valence-corrected chi connectivity index (χ4v) is 0.823. The third-order valence-corrected chi connectivity index (χ3v) is 1.55. The molecule has 0 spiro atoms. The van der Waals surface area contributed by atoms with Crippen LogP contribution < -0.4 is 5.32 Å². The molecule has 0 aliphatic carbocycles. The van der Waals surface area contributed by atoms with Crippen LogP contribution in [0.25, 0.3) is 0 Å². The van der Waals surface area contributed by atoms with Crippen LogP contribution >= 0.6 is 15.9 Å². The summed E-state index contributed by atoms with van der Waals surface area (Å²) in [5, 5.41) is 10.9. The molecule has 0 aliphatic rings. The van der Waals surface area contributed by atoms with E-state index in [1.165, 1.54) is 0 Å². The predicted molar refractivity (Wildman–Crippen MR) is 52.6 cm³/mol. The summed E-state index contributed by atoms with van der Waals surface area (Å²) >= 11 is 3.09. The Labute approximate surface area is 85.1 Å². The van der Waals surface area contributed by atoms with Crippen molar-refractivity contribution in [3.63, 3.8) is 0 Å². The number of hydrogen-bond acceptors (Lipinski definition) is 2. The summed E-state index contributed by atoms with van der Waals surface area (Å²) in [7, 11) is 0. The molecular weight excluding hydrogens is 238 g/mol. The molecule has 0 aromatic rings. The van der Waals surface area contributed by atoms with Gasteiger partial charge in [-0.25, -0.2) is 0 Å². The SMILES string of the molecule is C=C(Br)CNC(=O)CCCC(=O)O. The summed E-state index contributed by atoms with van der Waals surface area (Å²) in [6.07, 6.45) is 0.644. The van der Waals surface area contributed by atoms with E-state index in [2.05, 4.69) is 27.8 Å². The van der Waals surface area contributed by atoms with Gasteiger partial charge in [-0.1, -0.05) is 22.5 Å². The normalized spacial score (nSPS) is 9.31. The highest BCUT2D eigenvalue weighted by molar-refractivity contribution is 9.11. The first kappa shape index (κ1) is 12.2. The number of carboxylic acid groups (broad SMARTS) is 1. The minimum Gasteiger partial charge on any atom is -0.481 e. The second kappa shape index (κ2) is 6.65. The predicted octanol–water partition coefficient (Wildman–Crippen LogP) is 1.27. The van der Waals surface area contributed by atoms with Gasteiger partial charge in [-0.3, -0.25) is 9.59 Å². The Bertz CT molecular complexity index is 215. The summed E-state index contributed by atoms with van der Waals surface area (Å²) in [5.74, 6) is -1.03. The number of nitrogens with one attached hydrogen (secondary N) is 1. The average molecular weight is 250 g/mol. The monoisotopic (exact) mass is 249 g/mol. The lowest BCUT2D eigenvalue weighted by Gasteiger charge is -2.02. The molecule has 0 aromatic carbocycles. The molecule has 4 nitrogen and oxygen atoms in total. The Hall–Kier alpha value is -0.840. The molecule has 74 valence electrons. The zero-order valence-electron chi connectivity index (χ0n) is 7.18. The van der Waals surface area contributed by atoms with E-state index in [1.807, 2.05) is 0 Å². The lowest BCUT2D eigenvalue weighted by atomic mass is 10.2. The third kappa shape index (κ3) is 9.07. The highest BCUT2D eigenvalue weighted by atomic mass is 79.9. The van der Waals surface area contributed by atoms with Gasteiger partial charge in [0.15, 0.2) is 0 Å². The van der Waals surface area contributed by atoms with Crippen LogP contribution in [0.2, 0.25) is 0 Å². The Morgan fingerprint density at radius 1 is 1.38 bits per heavy atom. The number of rotatable bonds is 6. The van der Waals surface area contributed by atoms with E-state index in [4.69, 9.17) is 5.11 Å². The Morgan fingerprint density at radius 3 is 2.46 bits per heavy atom. The second-order valence-electron chi connectivity index (χ2n) is 2.54. The first-order chi connectivity index (χ1) is 6.02. The van der Waals surface area contributed by atoms with Crippen molar-refractivity contribution < 1.29 is 14.7 Å². The van der Waals surface area contributed by atoms with Crippen LogP contribution in [0.4, 0.5) is 0 Å². The number of aliphatic carboxylic acids is 1. The van der Waals surface area contributed by atoms with E-state index in [0.29, 0.717) is 17.4 Å². The average Bonchev–Trinajstić information content (AvgIpc) is 2.00. The molecule has 0 saturated carbocycles. The molecule has 5 heteroatoms. The van der Waals surface area contributed by atoms with Crippen LogP contribution in [-0.2, 0) is 9.59 Å². The molecule has 0 radical (unpaired) electrons. The van der Waals surface area contributed by atoms with Crippen LogP contribution in [-0.4, -0.2) is 23.5 Å². The maximum absolute atomic E-state index is 11.0. The van der Waals surface area contributed by atoms with E-state index >= 15 is 0 Å². The Morgan fingerprint density at radius 2 is 2.00 bits per heavy atom. The fourth-order valence-electron chi connectivity index (χ4n) is 0.683. The van der Waals surface area contributed by atoms with E-state index in [1.54, 1.807) is 0 Å². The smallest absolute Gasteiger partial charge is 0.303 e. The molecule has 0 rings (SSSR count). The van der Waals surface area contributed by atoms with Gasteiger partial charge in [0.25, 0.3) is 0 Å². The number of carbonyl (C=O) groups is 2. The van der Waals surface area contributed by atoms with Gasteiger partial charge < -0.3 is 10.4 Å². The van der Waals surface area contributed by atoms with Crippen molar-refractivity contribution in [2.24, 2.45) is 0 Å². The summed E-state index contributed by atoms with van der Waals surface area (Å²) < 4.78 is 0.694. The van der Waals surface area contributed by atoms with Gasteiger partial charge in [-0.15, -0.1) is 0 Å². The van der Waals surface area contributed by atoms with Crippen molar-refractivity contribution in [1.29, 1.82) is 0 Å². The van der Waals surface area contributed by atoms with E-state index in [-0.39, 0.29) is 18.7 Å². The lowest BCUT2D eigenvalue weighted by Crippen LogP contribution is -2.24. The topological polar surface area (TPSA) is 66.4 Å². The first-order valence-electron chi connectivity index (χ1n) is 3.84. The molecule has 2 N–H and O–H groups in total. The maximum atomic E-state index is 11.0. The highest BCUT2D eigenvalue weighted by Gasteiger charge is 2.02. The van der Waals surface area contributed by atoms with Crippen LogP contribution in [0.15, 0.2) is 11.1 Å². The van der Waals surface area contributed by atoms with Crippen molar-refractivity contribution >= 4 is 27.8 Å². The highest BCUT2D eigenvalue weighted by Crippen LogP contribution is 1.99. The van der Waals surface area contributed by atoms with Gasteiger partial charge in [0.05, 0.1) is 0 Å². The largest absolute Gasteiger partial charge is 0.481 e. The fraction of sp³-hybridized carbons (Fsp3) is 0.500. The zero-order chi connectivity index (χ0) is 10.3. The Balaban J connectivity index is 3.41. The molecule has 0 atom stereocenters. The zero-order valence-corrected chi connectivity index (χ0v) is 8.76. The summed E-state index contributed by atoms with van der Waals surface area (Å²) in [6, 6.07) is 0. The van der Waals surface area contributed by atoms with Crippen LogP contribution in [0.5, 0.6) is 0 Å². The summed E-state index contributed by atoms with van der Waals surface area (Å²) in [6.45, 7) is 3.92. The van der Waals surface area contributed by atoms with Crippen molar-refractivity contribution in [3.05, 3.63) is 11.1 Å². The number of amides is 1. The molecule has 0 fully saturated rings. The summed E-state index contributed by atoms with van der Waals surface area (Å²) in [5.41, 5.74) is 0. The number of carbonyl (C=O) groups excluding carboxylic acids is 1. The number of hydrogen-bond donors (Lipinski definition) is 2. The van der Waals surface area contributed by atoms with Gasteiger partial charge >= 0.3 is 5.97 Å². The van der Waals surface area contributed by atoms with Gasteiger partial charge in [-0.2, -0.15) is 0 Å². The molecule has 0 aromatic heterocycles. The van der Waals surface area contributed by atoms with Crippen molar-refractivity contribution in [1.82, 2.24) is 5.32 Å². The maximum Gasteiger partial charge on any atom is 0.303 e. The minimum absolute atomic E-state index is 0.0304. The van der Waals surface area contributed by atoms with Crippen molar-refractivity contribution in [2.75, 3.05) is 6.54 Å². The standard InChI is InChI=1S/C8H12BrNO3/c1-6(9)5-10-7(11)3-2-4-8(12)13/h1-5H2,(H,10,11)(H,12,13). The molecule has 0 bridgehead atoms. The van der Waals surface area contributed by atoms with Crippen molar-refractivity contribution in [3.8, 4) is 0 Å². The van der Waals surface area contributed by atoms with Crippen LogP contribution in [0.3, 0.4) is 0 Å². The summed E-state index contributed by atoms with van der Waals surface area (Å²) in [4.78, 5) is 21.1. The van der Waals surface area contributed by atoms with Gasteiger partial charge in [-0.05, 0) is 6.42 Å². The molecule has 13 heavy (non-hydrogen) atoms. The van der Waals surface area contributed by atoms with Crippen molar-refractivity contribution in [2.45, 2.75) is 19.3 Å². The minimum atomic E-state index is -0.877. The van der Waals surface area contributed by atoms with Gasteiger partial charge in [0.1, 0.15) is 0 Å². The second-order valence-corrected chi connectivity index (χ2v) is 3.66. The lowest BCUT2D eigenvalue weighted by molar-refractivity contribution is -0.137. The molecule has 0 unspecified atom stereocenters. The van der Waals surface area contributed by atoms with Crippen LogP contribution in [0, 0.1) is 0 Å². The van der Waals surface area contributed by atoms with E-state index < -0.39 is 5.97 Å². The molecule has 1 amide bonds. The van der Waals surface area contributed by atoms with E-state index in [0.717, 1.165) is 0 Å². The quantitative estimate of drug-likeness (QED) is 0.745. The van der Waals surface area contributed by atoms with Crippen LogP contribution in [0.1, 0.15) is 19.3 Å². The molecule has 0 aliphatic heterocycles. The molecule has 0 heterocycles. The number of carboxylic acids is 1. The molecular formula is C8H12BrNO3. The molecule has 0 saturated heterocycles. The number of halogens is 1. The third-order valence-electron chi connectivity index (χ3n) is 1.27.